The molecule has 1 atom stereocenters. The van der Waals surface area contributed by atoms with Gasteiger partial charge in [0.2, 0.25) is 5.91 Å². The highest BCUT2D eigenvalue weighted by Gasteiger charge is 2.19. The second-order valence-corrected chi connectivity index (χ2v) is 6.16. The van der Waals surface area contributed by atoms with E-state index in [2.05, 4.69) is 39.7 Å². The van der Waals surface area contributed by atoms with Crippen molar-refractivity contribution >= 4 is 5.91 Å². The van der Waals surface area contributed by atoms with Crippen molar-refractivity contribution in [1.29, 1.82) is 0 Å². The van der Waals surface area contributed by atoms with Crippen LogP contribution in [0.5, 0.6) is 0 Å². The van der Waals surface area contributed by atoms with Crippen molar-refractivity contribution < 1.29 is 4.79 Å². The predicted molar refractivity (Wildman–Crippen MR) is 97.0 cm³/mol. The van der Waals surface area contributed by atoms with Crippen molar-refractivity contribution in [2.24, 2.45) is 0 Å². The molecule has 1 amide bonds. The molecule has 1 aromatic heterocycles. The molecule has 0 aliphatic carbocycles. The third kappa shape index (κ3) is 4.76. The molecule has 1 N–H and O–H groups in total. The van der Waals surface area contributed by atoms with E-state index in [4.69, 9.17) is 0 Å². The first-order valence-corrected chi connectivity index (χ1v) is 8.44. The molecule has 5 nitrogen and oxygen atoms in total. The van der Waals surface area contributed by atoms with Gasteiger partial charge < -0.3 is 5.32 Å². The van der Waals surface area contributed by atoms with Gasteiger partial charge in [0.15, 0.2) is 0 Å². The van der Waals surface area contributed by atoms with Gasteiger partial charge in [0.1, 0.15) is 12.7 Å². The molecular formula is C20H22N4O. The van der Waals surface area contributed by atoms with Crippen molar-refractivity contribution in [2.45, 2.75) is 31.8 Å². The van der Waals surface area contributed by atoms with E-state index >= 15 is 0 Å². The number of aromatic nitrogens is 3. The summed E-state index contributed by atoms with van der Waals surface area (Å²) in [7, 11) is 0. The molecule has 2 aromatic carbocycles. The van der Waals surface area contributed by atoms with Gasteiger partial charge in [-0.05, 0) is 18.1 Å². The van der Waals surface area contributed by atoms with Gasteiger partial charge in [-0.2, -0.15) is 5.10 Å². The Hall–Kier alpha value is -2.95. The summed E-state index contributed by atoms with van der Waals surface area (Å²) in [5.74, 6) is 0.0753. The minimum Gasteiger partial charge on any atom is -0.352 e. The van der Waals surface area contributed by atoms with E-state index in [0.717, 1.165) is 11.1 Å². The minimum absolute atomic E-state index is 0.0126. The van der Waals surface area contributed by atoms with Crippen LogP contribution in [-0.4, -0.2) is 26.7 Å². The first kappa shape index (κ1) is 16.9. The molecule has 5 heteroatoms. The SMILES string of the molecule is CC(Cn1cncn1)NC(=O)CC(c1ccccc1)c1ccccc1. The van der Waals surface area contributed by atoms with E-state index in [1.54, 1.807) is 11.0 Å². The standard InChI is InChI=1S/C20H22N4O/c1-16(13-24-15-21-14-22-24)23-20(25)12-19(17-8-4-2-5-9-17)18-10-6-3-7-11-18/h2-11,14-16,19H,12-13H2,1H3,(H,23,25). The van der Waals surface area contributed by atoms with Crippen LogP contribution < -0.4 is 5.32 Å². The Morgan fingerprint density at radius 1 is 1.04 bits per heavy atom. The van der Waals surface area contributed by atoms with Gasteiger partial charge >= 0.3 is 0 Å². The van der Waals surface area contributed by atoms with Gasteiger partial charge in [0.05, 0.1) is 6.54 Å². The Bertz CT molecular complexity index is 732. The maximum Gasteiger partial charge on any atom is 0.221 e. The van der Waals surface area contributed by atoms with Gasteiger partial charge in [-0.25, -0.2) is 4.98 Å². The van der Waals surface area contributed by atoms with Gasteiger partial charge in [0, 0.05) is 18.4 Å². The first-order chi connectivity index (χ1) is 12.2. The normalized spacial score (nSPS) is 12.1. The Kier molecular flexibility index (Phi) is 5.57. The molecule has 0 bridgehead atoms. The summed E-state index contributed by atoms with van der Waals surface area (Å²) >= 11 is 0. The number of hydrogen-bond donors (Lipinski definition) is 1. The highest BCUT2D eigenvalue weighted by atomic mass is 16.1. The number of benzene rings is 2. The van der Waals surface area contributed by atoms with E-state index in [0.29, 0.717) is 13.0 Å². The highest BCUT2D eigenvalue weighted by molar-refractivity contribution is 5.77. The fourth-order valence-electron chi connectivity index (χ4n) is 2.97. The van der Waals surface area contributed by atoms with E-state index in [9.17, 15) is 4.79 Å². The minimum atomic E-state index is -0.0126. The lowest BCUT2D eigenvalue weighted by Crippen LogP contribution is -2.36. The molecule has 0 aliphatic heterocycles. The van der Waals surface area contributed by atoms with Crippen LogP contribution in [0.25, 0.3) is 0 Å². The number of nitrogens with one attached hydrogen (secondary N) is 1. The molecule has 0 saturated carbocycles. The number of hydrogen-bond acceptors (Lipinski definition) is 3. The lowest BCUT2D eigenvalue weighted by atomic mass is 9.88. The topological polar surface area (TPSA) is 59.8 Å². The number of nitrogens with zero attached hydrogens (tertiary/aromatic N) is 3. The molecule has 0 spiro atoms. The molecular weight excluding hydrogens is 312 g/mol. The van der Waals surface area contributed by atoms with Crippen molar-refractivity contribution in [2.75, 3.05) is 0 Å². The molecule has 3 aromatic rings. The van der Waals surface area contributed by atoms with E-state index in [-0.39, 0.29) is 17.9 Å². The highest BCUT2D eigenvalue weighted by Crippen LogP contribution is 2.27. The zero-order valence-electron chi connectivity index (χ0n) is 14.2. The van der Waals surface area contributed by atoms with Crippen LogP contribution in [0.3, 0.4) is 0 Å². The first-order valence-electron chi connectivity index (χ1n) is 8.44. The summed E-state index contributed by atoms with van der Waals surface area (Å²) in [5, 5.41) is 7.13. The van der Waals surface area contributed by atoms with Crippen LogP contribution in [0.1, 0.15) is 30.4 Å². The molecule has 1 heterocycles. The zero-order valence-corrected chi connectivity index (χ0v) is 14.2. The smallest absolute Gasteiger partial charge is 0.221 e. The number of amides is 1. The molecule has 3 rings (SSSR count). The van der Waals surface area contributed by atoms with Crippen molar-refractivity contribution in [3.63, 3.8) is 0 Å². The van der Waals surface area contributed by atoms with E-state index in [1.807, 2.05) is 43.3 Å². The maximum absolute atomic E-state index is 12.6. The van der Waals surface area contributed by atoms with E-state index < -0.39 is 0 Å². The molecule has 0 saturated heterocycles. The molecule has 25 heavy (non-hydrogen) atoms. The Labute approximate surface area is 147 Å². The Balaban J connectivity index is 1.68. The molecule has 0 aliphatic rings. The van der Waals surface area contributed by atoms with Crippen LogP contribution in [0.4, 0.5) is 0 Å². The third-order valence-corrected chi connectivity index (χ3v) is 4.13. The summed E-state index contributed by atoms with van der Waals surface area (Å²) < 4.78 is 1.72. The molecule has 0 fully saturated rings. The summed E-state index contributed by atoms with van der Waals surface area (Å²) in [6.07, 6.45) is 3.56. The predicted octanol–water partition coefficient (Wildman–Crippen LogP) is 3.01. The third-order valence-electron chi connectivity index (χ3n) is 4.13. The second-order valence-electron chi connectivity index (χ2n) is 6.16. The fraction of sp³-hybridized carbons (Fsp3) is 0.250. The maximum atomic E-state index is 12.6. The van der Waals surface area contributed by atoms with Gasteiger partial charge in [-0.3, -0.25) is 9.48 Å². The monoisotopic (exact) mass is 334 g/mol. The van der Waals surface area contributed by atoms with Gasteiger partial charge in [-0.15, -0.1) is 0 Å². The zero-order chi connectivity index (χ0) is 17.5. The molecule has 128 valence electrons. The molecule has 0 radical (unpaired) electrons. The lowest BCUT2D eigenvalue weighted by Gasteiger charge is -2.20. The summed E-state index contributed by atoms with van der Waals surface area (Å²) in [6.45, 7) is 2.58. The van der Waals surface area contributed by atoms with E-state index in [1.165, 1.54) is 6.33 Å². The average molecular weight is 334 g/mol. The van der Waals surface area contributed by atoms with Gasteiger partial charge in [0.25, 0.3) is 0 Å². The second kappa shape index (κ2) is 8.24. The quantitative estimate of drug-likeness (QED) is 0.722. The van der Waals surface area contributed by atoms with Crippen LogP contribution in [0.15, 0.2) is 73.3 Å². The van der Waals surface area contributed by atoms with Crippen LogP contribution in [0.2, 0.25) is 0 Å². The summed E-state index contributed by atoms with van der Waals surface area (Å²) in [5.41, 5.74) is 2.29. The number of carbonyl (C=O) groups is 1. The van der Waals surface area contributed by atoms with Crippen LogP contribution in [-0.2, 0) is 11.3 Å². The number of carbonyl (C=O) groups excluding carboxylic acids is 1. The lowest BCUT2D eigenvalue weighted by molar-refractivity contribution is -0.122. The number of rotatable bonds is 7. The summed E-state index contributed by atoms with van der Waals surface area (Å²) in [4.78, 5) is 16.5. The van der Waals surface area contributed by atoms with Gasteiger partial charge in [-0.1, -0.05) is 60.7 Å². The van der Waals surface area contributed by atoms with Crippen molar-refractivity contribution in [3.8, 4) is 0 Å². The average Bonchev–Trinajstić information content (AvgIpc) is 3.14. The van der Waals surface area contributed by atoms with Crippen molar-refractivity contribution in [1.82, 2.24) is 20.1 Å². The fourth-order valence-corrected chi connectivity index (χ4v) is 2.97. The Morgan fingerprint density at radius 3 is 2.16 bits per heavy atom. The van der Waals surface area contributed by atoms with Crippen LogP contribution in [0, 0.1) is 0 Å². The largest absolute Gasteiger partial charge is 0.352 e. The molecule has 1 unspecified atom stereocenters. The summed E-state index contributed by atoms with van der Waals surface area (Å²) in [6, 6.07) is 20.3. The Morgan fingerprint density at radius 2 is 1.64 bits per heavy atom. The van der Waals surface area contributed by atoms with Crippen molar-refractivity contribution in [3.05, 3.63) is 84.4 Å². The van der Waals surface area contributed by atoms with Crippen LogP contribution >= 0.6 is 0 Å².